The molecule has 3 aromatic rings. The van der Waals surface area contributed by atoms with Crippen molar-refractivity contribution in [2.45, 2.75) is 53.2 Å². The molecule has 5 rings (SSSR count). The second kappa shape index (κ2) is 18.5. The Labute approximate surface area is 271 Å². The molecule has 1 radical (unpaired) electrons. The Morgan fingerprint density at radius 1 is 1.07 bits per heavy atom. The molecule has 3 amide bonds. The van der Waals surface area contributed by atoms with Crippen molar-refractivity contribution in [2.24, 2.45) is 5.73 Å². The normalized spacial score (nSPS) is 16.6. The summed E-state index contributed by atoms with van der Waals surface area (Å²) in [5, 5.41) is 11.3. The molecule has 6 N–H and O–H groups in total. The van der Waals surface area contributed by atoms with Gasteiger partial charge in [-0.2, -0.15) is 0 Å². The number of carbonyl (C=O) groups is 3. The summed E-state index contributed by atoms with van der Waals surface area (Å²) in [5.74, 6) is 0.00979. The summed E-state index contributed by atoms with van der Waals surface area (Å²) in [6.07, 6.45) is 2.51. The van der Waals surface area contributed by atoms with Gasteiger partial charge in [-0.25, -0.2) is 4.98 Å². The van der Waals surface area contributed by atoms with Gasteiger partial charge < -0.3 is 36.7 Å². The number of benzene rings is 2. The molecule has 12 nitrogen and oxygen atoms in total. The predicted octanol–water partition coefficient (Wildman–Crippen LogP) is 3.03. The van der Waals surface area contributed by atoms with Crippen LogP contribution in [0, 0.1) is 5.41 Å². The fraction of sp³-hybridized carbons (Fsp3) is 0.424. The van der Waals surface area contributed by atoms with E-state index in [-0.39, 0.29) is 24.0 Å². The van der Waals surface area contributed by atoms with E-state index in [1.807, 2.05) is 51.1 Å². The molecule has 2 aliphatic heterocycles. The topological polar surface area (TPSA) is 185 Å². The van der Waals surface area contributed by atoms with Crippen LogP contribution in [0.5, 0.6) is 0 Å². The monoisotopic (exact) mass is 630 g/mol. The first kappa shape index (κ1) is 37.7. The molecule has 0 spiro atoms. The molecule has 0 aliphatic carbocycles. The summed E-state index contributed by atoms with van der Waals surface area (Å²) in [6, 6.07) is 11.3. The van der Waals surface area contributed by atoms with Crippen molar-refractivity contribution >= 4 is 48.7 Å². The molecule has 1 unspecified atom stereocenters. The third-order valence-electron chi connectivity index (χ3n) is 7.64. The van der Waals surface area contributed by atoms with Crippen molar-refractivity contribution in [1.29, 1.82) is 5.41 Å². The van der Waals surface area contributed by atoms with Gasteiger partial charge in [0, 0.05) is 85.7 Å². The first-order valence-electron chi connectivity index (χ1n) is 15.4. The van der Waals surface area contributed by atoms with E-state index in [9.17, 15) is 14.4 Å². The summed E-state index contributed by atoms with van der Waals surface area (Å²) < 4.78 is 13.9. The summed E-state index contributed by atoms with van der Waals surface area (Å²) >= 11 is 0. The first-order chi connectivity index (χ1) is 22.2. The third-order valence-corrected chi connectivity index (χ3v) is 7.64. The first-order valence-corrected chi connectivity index (χ1v) is 15.4. The Kier molecular flexibility index (Phi) is 15.1. The molecule has 1 aromatic heterocycles. The number of nitrogens with zero attached hydrogens (tertiary/aromatic N) is 3. The van der Waals surface area contributed by atoms with E-state index in [1.54, 1.807) is 22.8 Å². The Balaban J connectivity index is 0.000000653. The minimum absolute atomic E-state index is 0.0325. The van der Waals surface area contributed by atoms with Crippen LogP contribution in [0.2, 0.25) is 0 Å². The van der Waals surface area contributed by atoms with E-state index in [0.29, 0.717) is 68.9 Å². The minimum atomic E-state index is -0.172. The zero-order chi connectivity index (χ0) is 34.4. The predicted molar refractivity (Wildman–Crippen MR) is 181 cm³/mol. The van der Waals surface area contributed by atoms with Gasteiger partial charge in [0.2, 0.25) is 12.3 Å². The number of hydrogen-bond acceptors (Lipinski definition) is 9. The molecule has 46 heavy (non-hydrogen) atoms. The average molecular weight is 631 g/mol. The Morgan fingerprint density at radius 2 is 1.67 bits per heavy atom. The van der Waals surface area contributed by atoms with Gasteiger partial charge in [-0.05, 0) is 50.1 Å². The van der Waals surface area contributed by atoms with E-state index in [4.69, 9.17) is 31.3 Å². The standard InChI is InChI=1S/C28H31N5O3.C3H8N2O.C2H6.BO/c1-16-14-21-25(17(2)36-16)27(31-24-9-8-23(30)22(15-29)26(21)24)19-4-6-20(7-5-19)28(35)33-12-10-32(11-13-33)18(3)34;4-1-2-5-3-6;2*1-2/h4-9,15-17,29H,10-14,30H2,1-3H3;3H,1-2,4H2,(H,5,6);1-2H3;/t16?,17-;;;/m0.../s1. The number of hydrogen-bond donors (Lipinski definition) is 4. The van der Waals surface area contributed by atoms with Crippen molar-refractivity contribution in [1.82, 2.24) is 20.1 Å². The summed E-state index contributed by atoms with van der Waals surface area (Å²) in [5.41, 5.74) is 17.7. The van der Waals surface area contributed by atoms with Gasteiger partial charge in [-0.3, -0.25) is 14.4 Å². The summed E-state index contributed by atoms with van der Waals surface area (Å²) in [6.45, 7) is 12.9. The van der Waals surface area contributed by atoms with Crippen LogP contribution in [0.3, 0.4) is 0 Å². The van der Waals surface area contributed by atoms with Crippen molar-refractivity contribution in [3.63, 3.8) is 0 Å². The van der Waals surface area contributed by atoms with Gasteiger partial charge >= 0.3 is 12.4 Å². The molecule has 2 atom stereocenters. The number of aromatic nitrogens is 1. The Morgan fingerprint density at radius 3 is 2.20 bits per heavy atom. The second-order valence-corrected chi connectivity index (χ2v) is 10.5. The number of carbonyl (C=O) groups excluding carboxylic acids is 3. The number of pyridine rings is 1. The van der Waals surface area contributed by atoms with E-state index >= 15 is 0 Å². The Bertz CT molecular complexity index is 1490. The number of amides is 3. The van der Waals surface area contributed by atoms with E-state index in [2.05, 4.69) is 20.0 Å². The van der Waals surface area contributed by atoms with Crippen LogP contribution in [0.15, 0.2) is 36.4 Å². The number of piperazine rings is 1. The van der Waals surface area contributed by atoms with Gasteiger partial charge in [0.25, 0.3) is 5.91 Å². The molecular weight excluding hydrogens is 585 g/mol. The van der Waals surface area contributed by atoms with Crippen LogP contribution in [0.4, 0.5) is 5.69 Å². The molecule has 1 saturated heterocycles. The van der Waals surface area contributed by atoms with Crippen LogP contribution >= 0.6 is 0 Å². The maximum absolute atomic E-state index is 13.1. The molecule has 245 valence electrons. The number of nitrogens with two attached hydrogens (primary N) is 2. The van der Waals surface area contributed by atoms with Gasteiger partial charge in [0.05, 0.1) is 23.4 Å². The SMILES string of the molecule is CC.CC(=O)N1CCN(C(=O)c2ccc(-c3nc4ccc(N)c(C=N)c4c4c3[C@H](C)OC(C)C4)cc2)CC1.NCCNC=O.[B]=O. The van der Waals surface area contributed by atoms with Gasteiger partial charge in [-0.15, -0.1) is 0 Å². The third kappa shape index (κ3) is 8.82. The van der Waals surface area contributed by atoms with Crippen molar-refractivity contribution < 1.29 is 23.8 Å². The fourth-order valence-corrected chi connectivity index (χ4v) is 5.59. The number of nitrogens with one attached hydrogen (secondary N) is 2. The molecule has 2 aromatic carbocycles. The van der Waals surface area contributed by atoms with Gasteiger partial charge in [0.1, 0.15) is 0 Å². The second-order valence-electron chi connectivity index (χ2n) is 10.5. The van der Waals surface area contributed by atoms with Crippen LogP contribution in [-0.4, -0.2) is 92.3 Å². The van der Waals surface area contributed by atoms with Crippen LogP contribution in [0.1, 0.15) is 67.8 Å². The molecule has 13 heteroatoms. The fourth-order valence-electron chi connectivity index (χ4n) is 5.59. The van der Waals surface area contributed by atoms with Gasteiger partial charge in [-0.1, -0.05) is 26.0 Å². The Hall–Kier alpha value is -4.49. The quantitative estimate of drug-likeness (QED) is 0.105. The number of anilines is 1. The molecule has 0 bridgehead atoms. The summed E-state index contributed by atoms with van der Waals surface area (Å²) in [7, 11) is 3.25. The summed E-state index contributed by atoms with van der Waals surface area (Å²) in [4.78, 5) is 42.6. The zero-order valence-electron chi connectivity index (χ0n) is 27.3. The maximum atomic E-state index is 13.1. The zero-order valence-corrected chi connectivity index (χ0v) is 27.3. The molecule has 3 heterocycles. The number of rotatable bonds is 6. The molecule has 1 fully saturated rings. The number of nitrogen functional groups attached to an aromatic ring is 1. The van der Waals surface area contributed by atoms with E-state index < -0.39 is 0 Å². The van der Waals surface area contributed by atoms with Crippen molar-refractivity contribution in [3.8, 4) is 11.3 Å². The van der Waals surface area contributed by atoms with Crippen LogP contribution in [0.25, 0.3) is 22.2 Å². The molecule has 2 aliphatic rings. The molecular formula is C33H45BN7O5. The van der Waals surface area contributed by atoms with Crippen LogP contribution in [-0.2, 0) is 25.5 Å². The van der Waals surface area contributed by atoms with Crippen LogP contribution < -0.4 is 16.8 Å². The van der Waals surface area contributed by atoms with Crippen molar-refractivity contribution in [3.05, 3.63) is 58.7 Å². The molecule has 0 saturated carbocycles. The number of ether oxygens (including phenoxy) is 1. The number of fused-ring (bicyclic) bond motifs is 3. The average Bonchev–Trinajstić information content (AvgIpc) is 3.08. The van der Waals surface area contributed by atoms with E-state index in [1.165, 1.54) is 6.21 Å². The van der Waals surface area contributed by atoms with Gasteiger partial charge in [0.15, 0.2) is 0 Å². The van der Waals surface area contributed by atoms with E-state index in [0.717, 1.165) is 33.3 Å². The van der Waals surface area contributed by atoms with Crippen molar-refractivity contribution in [2.75, 3.05) is 45.0 Å².